The predicted molar refractivity (Wildman–Crippen MR) is 104 cm³/mol. The highest BCUT2D eigenvalue weighted by Gasteiger charge is 2.21. The van der Waals surface area contributed by atoms with Gasteiger partial charge in [0.15, 0.2) is 0 Å². The van der Waals surface area contributed by atoms with E-state index in [1.54, 1.807) is 18.2 Å². The first-order valence-electron chi connectivity index (χ1n) is 7.51. The van der Waals surface area contributed by atoms with Crippen LogP contribution in [-0.4, -0.2) is 24.3 Å². The van der Waals surface area contributed by atoms with Crippen molar-refractivity contribution >= 4 is 50.5 Å². The molecule has 3 rings (SSSR count). The van der Waals surface area contributed by atoms with Crippen molar-refractivity contribution in [3.8, 4) is 0 Å². The lowest BCUT2D eigenvalue weighted by molar-refractivity contribution is 0.102. The number of anilines is 2. The van der Waals surface area contributed by atoms with E-state index in [9.17, 15) is 13.2 Å². The Morgan fingerprint density at radius 2 is 1.56 bits per heavy atom. The normalized spacial score (nSPS) is 11.0. The zero-order valence-corrected chi connectivity index (χ0v) is 15.9. The second-order valence-electron chi connectivity index (χ2n) is 5.28. The minimum Gasteiger partial charge on any atom is -0.321 e. The standard InChI is InChI=1S/C17H12Cl2N4O3S/c18-13-2-1-3-14(19)16(13)27(25,26)23-12-6-4-11(5-7-12)22-17(24)15-10-20-8-9-21-15/h1-10,23H,(H,22,24). The molecule has 7 nitrogen and oxygen atoms in total. The maximum atomic E-state index is 12.5. The highest BCUT2D eigenvalue weighted by atomic mass is 35.5. The number of carbonyl (C=O) groups excluding carboxylic acids is 1. The topological polar surface area (TPSA) is 101 Å². The van der Waals surface area contributed by atoms with Crippen molar-refractivity contribution in [2.45, 2.75) is 4.90 Å². The summed E-state index contributed by atoms with van der Waals surface area (Å²) in [5.74, 6) is -0.431. The third kappa shape index (κ3) is 4.54. The Bertz CT molecular complexity index is 1050. The smallest absolute Gasteiger partial charge is 0.275 e. The molecule has 138 valence electrons. The van der Waals surface area contributed by atoms with Crippen LogP contribution in [0.3, 0.4) is 0 Å². The van der Waals surface area contributed by atoms with Gasteiger partial charge in [0.2, 0.25) is 0 Å². The fraction of sp³-hybridized carbons (Fsp3) is 0. The molecule has 0 aliphatic rings. The molecule has 0 radical (unpaired) electrons. The number of benzene rings is 2. The van der Waals surface area contributed by atoms with E-state index in [1.165, 1.54) is 42.9 Å². The molecule has 1 heterocycles. The Balaban J connectivity index is 1.75. The van der Waals surface area contributed by atoms with E-state index in [-0.39, 0.29) is 26.3 Å². The Hall–Kier alpha value is -2.68. The molecule has 0 fully saturated rings. The maximum absolute atomic E-state index is 12.5. The molecule has 0 unspecified atom stereocenters. The van der Waals surface area contributed by atoms with Gasteiger partial charge in [0.25, 0.3) is 15.9 Å². The number of nitrogens with zero attached hydrogens (tertiary/aromatic N) is 2. The van der Waals surface area contributed by atoms with Crippen LogP contribution in [0.4, 0.5) is 11.4 Å². The van der Waals surface area contributed by atoms with E-state index in [4.69, 9.17) is 23.2 Å². The van der Waals surface area contributed by atoms with Crippen molar-refractivity contribution < 1.29 is 13.2 Å². The van der Waals surface area contributed by atoms with Crippen LogP contribution in [0.25, 0.3) is 0 Å². The first-order valence-corrected chi connectivity index (χ1v) is 9.75. The molecule has 0 aliphatic carbocycles. The molecule has 0 aliphatic heterocycles. The number of aromatic nitrogens is 2. The number of carbonyl (C=O) groups is 1. The van der Waals surface area contributed by atoms with Gasteiger partial charge in [-0.2, -0.15) is 0 Å². The summed E-state index contributed by atoms with van der Waals surface area (Å²) in [6.45, 7) is 0. The summed E-state index contributed by atoms with van der Waals surface area (Å²) in [6.07, 6.45) is 4.21. The molecule has 3 aromatic rings. The second kappa shape index (κ2) is 7.91. The summed E-state index contributed by atoms with van der Waals surface area (Å²) in [6, 6.07) is 10.5. The Morgan fingerprint density at radius 1 is 0.926 bits per heavy atom. The average Bonchev–Trinajstić information content (AvgIpc) is 2.63. The Kier molecular flexibility index (Phi) is 5.59. The highest BCUT2D eigenvalue weighted by molar-refractivity contribution is 7.93. The second-order valence-corrected chi connectivity index (χ2v) is 7.71. The first-order chi connectivity index (χ1) is 12.9. The van der Waals surface area contributed by atoms with Crippen LogP contribution in [-0.2, 0) is 10.0 Å². The molecular weight excluding hydrogens is 411 g/mol. The van der Waals surface area contributed by atoms with Gasteiger partial charge in [-0.25, -0.2) is 13.4 Å². The number of nitrogens with one attached hydrogen (secondary N) is 2. The van der Waals surface area contributed by atoms with E-state index in [0.717, 1.165) is 0 Å². The summed E-state index contributed by atoms with van der Waals surface area (Å²) in [7, 11) is -3.97. The zero-order chi connectivity index (χ0) is 19.4. The van der Waals surface area contributed by atoms with Gasteiger partial charge >= 0.3 is 0 Å². The fourth-order valence-corrected chi connectivity index (χ4v) is 4.38. The van der Waals surface area contributed by atoms with Crippen molar-refractivity contribution in [2.75, 3.05) is 10.0 Å². The van der Waals surface area contributed by atoms with E-state index in [1.807, 2.05) is 0 Å². The minimum atomic E-state index is -3.97. The fourth-order valence-electron chi connectivity index (χ4n) is 2.18. The van der Waals surface area contributed by atoms with Crippen molar-refractivity contribution in [1.29, 1.82) is 0 Å². The van der Waals surface area contributed by atoms with Crippen LogP contribution in [0.2, 0.25) is 10.0 Å². The SMILES string of the molecule is O=C(Nc1ccc(NS(=O)(=O)c2c(Cl)cccc2Cl)cc1)c1cnccn1. The van der Waals surface area contributed by atoms with E-state index >= 15 is 0 Å². The van der Waals surface area contributed by atoms with E-state index in [2.05, 4.69) is 20.0 Å². The van der Waals surface area contributed by atoms with Gasteiger partial charge in [0, 0.05) is 23.8 Å². The largest absolute Gasteiger partial charge is 0.321 e. The lowest BCUT2D eigenvalue weighted by Gasteiger charge is -2.11. The molecule has 27 heavy (non-hydrogen) atoms. The molecule has 1 aromatic heterocycles. The van der Waals surface area contributed by atoms with Crippen LogP contribution in [0.15, 0.2) is 66.0 Å². The lowest BCUT2D eigenvalue weighted by Crippen LogP contribution is -2.15. The van der Waals surface area contributed by atoms with Crippen LogP contribution in [0, 0.1) is 0 Å². The number of rotatable bonds is 5. The van der Waals surface area contributed by atoms with Gasteiger partial charge in [-0.3, -0.25) is 14.5 Å². The van der Waals surface area contributed by atoms with Gasteiger partial charge in [-0.05, 0) is 36.4 Å². The third-order valence-electron chi connectivity index (χ3n) is 3.38. The molecule has 0 saturated carbocycles. The molecule has 10 heteroatoms. The number of hydrogen-bond acceptors (Lipinski definition) is 5. The summed E-state index contributed by atoms with van der Waals surface area (Å²) < 4.78 is 27.4. The molecule has 0 bridgehead atoms. The highest BCUT2D eigenvalue weighted by Crippen LogP contribution is 2.30. The van der Waals surface area contributed by atoms with Crippen LogP contribution >= 0.6 is 23.2 Å². The van der Waals surface area contributed by atoms with E-state index in [0.29, 0.717) is 5.69 Å². The van der Waals surface area contributed by atoms with Crippen LogP contribution in [0.5, 0.6) is 0 Å². The summed E-state index contributed by atoms with van der Waals surface area (Å²) >= 11 is 11.9. The van der Waals surface area contributed by atoms with Crippen molar-refractivity contribution in [2.24, 2.45) is 0 Å². The third-order valence-corrected chi connectivity index (χ3v) is 5.71. The van der Waals surface area contributed by atoms with Crippen molar-refractivity contribution in [3.63, 3.8) is 0 Å². The van der Waals surface area contributed by atoms with Gasteiger partial charge in [0.05, 0.1) is 16.2 Å². The monoisotopic (exact) mass is 422 g/mol. The van der Waals surface area contributed by atoms with Crippen LogP contribution in [0.1, 0.15) is 10.5 Å². The lowest BCUT2D eigenvalue weighted by atomic mass is 10.3. The average molecular weight is 423 g/mol. The molecule has 0 atom stereocenters. The summed E-state index contributed by atoms with van der Waals surface area (Å²) in [4.78, 5) is 19.6. The number of hydrogen-bond donors (Lipinski definition) is 2. The molecule has 0 spiro atoms. The Morgan fingerprint density at radius 3 is 2.15 bits per heavy atom. The summed E-state index contributed by atoms with van der Waals surface area (Å²) in [5, 5.41) is 2.67. The maximum Gasteiger partial charge on any atom is 0.275 e. The molecule has 1 amide bonds. The van der Waals surface area contributed by atoms with E-state index < -0.39 is 15.9 Å². The van der Waals surface area contributed by atoms with Gasteiger partial charge in [0.1, 0.15) is 10.6 Å². The first kappa shape index (κ1) is 19.1. The zero-order valence-electron chi connectivity index (χ0n) is 13.6. The van der Waals surface area contributed by atoms with Crippen LogP contribution < -0.4 is 10.0 Å². The molecule has 2 aromatic carbocycles. The minimum absolute atomic E-state index is 0.0165. The molecule has 0 saturated heterocycles. The van der Waals surface area contributed by atoms with Crippen molar-refractivity contribution in [3.05, 3.63) is 76.8 Å². The number of halogens is 2. The quantitative estimate of drug-likeness (QED) is 0.650. The van der Waals surface area contributed by atoms with Gasteiger partial charge < -0.3 is 5.32 Å². The summed E-state index contributed by atoms with van der Waals surface area (Å²) in [5.41, 5.74) is 0.906. The number of amides is 1. The van der Waals surface area contributed by atoms with Gasteiger partial charge in [-0.15, -0.1) is 0 Å². The predicted octanol–water partition coefficient (Wildman–Crippen LogP) is 3.84. The van der Waals surface area contributed by atoms with Gasteiger partial charge in [-0.1, -0.05) is 29.3 Å². The molecular formula is C17H12Cl2N4O3S. The Labute approximate surface area is 165 Å². The molecule has 2 N–H and O–H groups in total. The van der Waals surface area contributed by atoms with Crippen molar-refractivity contribution in [1.82, 2.24) is 9.97 Å². The number of sulfonamides is 1.